The molecule has 0 unspecified atom stereocenters. The largest absolute Gasteiger partial charge is 0.348 e. The zero-order valence-electron chi connectivity index (χ0n) is 17.8. The van der Waals surface area contributed by atoms with Gasteiger partial charge in [0.25, 0.3) is 5.56 Å². The van der Waals surface area contributed by atoms with Gasteiger partial charge in [-0.25, -0.2) is 9.97 Å². The summed E-state index contributed by atoms with van der Waals surface area (Å²) in [6, 6.07) is 11.9. The van der Waals surface area contributed by atoms with E-state index in [1.165, 1.54) is 5.56 Å². The topological polar surface area (TPSA) is 71.3 Å². The number of anilines is 1. The Morgan fingerprint density at radius 3 is 2.48 bits per heavy atom. The minimum atomic E-state index is -0.134. The Morgan fingerprint density at radius 2 is 1.81 bits per heavy atom. The van der Waals surface area contributed by atoms with E-state index < -0.39 is 0 Å². The van der Waals surface area contributed by atoms with Crippen molar-refractivity contribution in [2.45, 2.75) is 32.7 Å². The van der Waals surface area contributed by atoms with Crippen LogP contribution in [-0.2, 0) is 11.3 Å². The molecule has 31 heavy (non-hydrogen) atoms. The van der Waals surface area contributed by atoms with Crippen molar-refractivity contribution in [1.82, 2.24) is 19.4 Å². The van der Waals surface area contributed by atoms with Gasteiger partial charge in [0.2, 0.25) is 5.91 Å². The number of aromatic nitrogens is 3. The first-order chi connectivity index (χ1) is 15.1. The molecule has 3 heterocycles. The van der Waals surface area contributed by atoms with E-state index in [9.17, 15) is 9.59 Å². The Bertz CT molecular complexity index is 1160. The van der Waals surface area contributed by atoms with E-state index in [2.05, 4.69) is 22.1 Å². The van der Waals surface area contributed by atoms with Gasteiger partial charge in [-0.3, -0.25) is 14.2 Å². The molecule has 0 spiro atoms. The number of hydrogen-bond donors (Lipinski definition) is 0. The molecule has 5 rings (SSSR count). The first-order valence-electron chi connectivity index (χ1n) is 11.0. The van der Waals surface area contributed by atoms with Crippen molar-refractivity contribution in [1.29, 1.82) is 0 Å². The van der Waals surface area contributed by atoms with Crippen molar-refractivity contribution < 1.29 is 4.79 Å². The van der Waals surface area contributed by atoms with Gasteiger partial charge in [0.15, 0.2) is 11.5 Å². The molecule has 0 N–H and O–H groups in total. The summed E-state index contributed by atoms with van der Waals surface area (Å²) in [7, 11) is 0. The van der Waals surface area contributed by atoms with Crippen LogP contribution in [0.5, 0.6) is 0 Å². The van der Waals surface area contributed by atoms with E-state index in [1.54, 1.807) is 10.8 Å². The second-order valence-corrected chi connectivity index (χ2v) is 8.60. The number of carbonyl (C=O) groups is 1. The third-order valence-electron chi connectivity index (χ3n) is 6.49. The predicted octanol–water partition coefficient (Wildman–Crippen LogP) is 2.60. The minimum absolute atomic E-state index is 0.134. The second-order valence-electron chi connectivity index (χ2n) is 8.60. The van der Waals surface area contributed by atoms with Crippen LogP contribution < -0.4 is 10.5 Å². The lowest BCUT2D eigenvalue weighted by Gasteiger charge is -2.38. The molecule has 2 aliphatic rings. The molecular formula is C24H27N5O2. The number of pyridine rings is 1. The van der Waals surface area contributed by atoms with Crippen LogP contribution in [0.25, 0.3) is 11.2 Å². The first-order valence-corrected chi connectivity index (χ1v) is 11.0. The van der Waals surface area contributed by atoms with Crippen LogP contribution in [-0.4, -0.2) is 51.5 Å². The molecule has 1 aromatic carbocycles. The molecule has 7 heteroatoms. The molecule has 0 radical (unpaired) electrons. The molecule has 160 valence electrons. The summed E-state index contributed by atoms with van der Waals surface area (Å²) < 4.78 is 1.72. The fourth-order valence-corrected chi connectivity index (χ4v) is 4.34. The lowest BCUT2D eigenvalue weighted by molar-refractivity contribution is -0.138. The van der Waals surface area contributed by atoms with E-state index in [0.29, 0.717) is 49.7 Å². The molecule has 0 bridgehead atoms. The molecule has 1 aliphatic carbocycles. The Balaban J connectivity index is 1.44. The Hall–Kier alpha value is -3.22. The molecule has 1 aliphatic heterocycles. The van der Waals surface area contributed by atoms with Gasteiger partial charge in [-0.1, -0.05) is 36.2 Å². The van der Waals surface area contributed by atoms with Crippen molar-refractivity contribution in [2.75, 3.05) is 31.1 Å². The SMILES string of the molecule is Cc1ccc(Cn2c(=O)c(N3CCN(C(=O)C4CCC4)CC3)nc3cccnc32)cc1. The summed E-state index contributed by atoms with van der Waals surface area (Å²) in [5, 5.41) is 0. The van der Waals surface area contributed by atoms with Gasteiger partial charge in [-0.2, -0.15) is 0 Å². The van der Waals surface area contributed by atoms with E-state index in [1.807, 2.05) is 41.0 Å². The van der Waals surface area contributed by atoms with E-state index in [-0.39, 0.29) is 17.4 Å². The van der Waals surface area contributed by atoms with Crippen LogP contribution in [0.4, 0.5) is 5.82 Å². The highest BCUT2D eigenvalue weighted by Crippen LogP contribution is 2.28. The monoisotopic (exact) mass is 417 g/mol. The van der Waals surface area contributed by atoms with E-state index in [0.717, 1.165) is 24.8 Å². The quantitative estimate of drug-likeness (QED) is 0.653. The molecule has 0 atom stereocenters. The van der Waals surface area contributed by atoms with Gasteiger partial charge in [-0.15, -0.1) is 0 Å². The Morgan fingerprint density at radius 1 is 1.06 bits per heavy atom. The van der Waals surface area contributed by atoms with Gasteiger partial charge < -0.3 is 9.80 Å². The maximum absolute atomic E-state index is 13.5. The molecule has 2 fully saturated rings. The van der Waals surface area contributed by atoms with Crippen LogP contribution in [0.15, 0.2) is 47.4 Å². The number of carbonyl (C=O) groups excluding carboxylic acids is 1. The van der Waals surface area contributed by atoms with Crippen molar-refractivity contribution in [3.63, 3.8) is 0 Å². The molecule has 1 saturated carbocycles. The molecule has 1 amide bonds. The number of benzene rings is 1. The Kier molecular flexibility index (Phi) is 5.18. The van der Waals surface area contributed by atoms with E-state index >= 15 is 0 Å². The van der Waals surface area contributed by atoms with Crippen LogP contribution >= 0.6 is 0 Å². The van der Waals surface area contributed by atoms with Gasteiger partial charge in [0.1, 0.15) is 5.52 Å². The normalized spacial score (nSPS) is 17.1. The summed E-state index contributed by atoms with van der Waals surface area (Å²) in [5.41, 5.74) is 3.40. The highest BCUT2D eigenvalue weighted by molar-refractivity contribution is 5.80. The number of aryl methyl sites for hydroxylation is 1. The van der Waals surface area contributed by atoms with Crippen LogP contribution in [0, 0.1) is 12.8 Å². The summed E-state index contributed by atoms with van der Waals surface area (Å²) in [5.74, 6) is 0.935. The molecule has 3 aromatic rings. The second kappa shape index (κ2) is 8.13. The maximum Gasteiger partial charge on any atom is 0.295 e. The Labute approximate surface area is 181 Å². The fourth-order valence-electron chi connectivity index (χ4n) is 4.34. The first kappa shape index (κ1) is 19.7. The highest BCUT2D eigenvalue weighted by Gasteiger charge is 2.32. The fraction of sp³-hybridized carbons (Fsp3) is 0.417. The maximum atomic E-state index is 13.5. The lowest BCUT2D eigenvalue weighted by Crippen LogP contribution is -2.52. The number of nitrogens with zero attached hydrogens (tertiary/aromatic N) is 5. The van der Waals surface area contributed by atoms with Gasteiger partial charge >= 0.3 is 0 Å². The third kappa shape index (κ3) is 3.80. The number of fused-ring (bicyclic) bond motifs is 1. The lowest BCUT2D eigenvalue weighted by atomic mass is 9.84. The molecule has 2 aromatic heterocycles. The van der Waals surface area contributed by atoms with Crippen molar-refractivity contribution in [3.8, 4) is 0 Å². The third-order valence-corrected chi connectivity index (χ3v) is 6.49. The minimum Gasteiger partial charge on any atom is -0.348 e. The van der Waals surface area contributed by atoms with Crippen molar-refractivity contribution in [3.05, 3.63) is 64.1 Å². The van der Waals surface area contributed by atoms with Gasteiger partial charge in [0.05, 0.1) is 6.54 Å². The summed E-state index contributed by atoms with van der Waals surface area (Å²) >= 11 is 0. The average Bonchev–Trinajstić information content (AvgIpc) is 2.76. The molecule has 7 nitrogen and oxygen atoms in total. The zero-order valence-corrected chi connectivity index (χ0v) is 17.8. The van der Waals surface area contributed by atoms with Crippen LogP contribution in [0.2, 0.25) is 0 Å². The zero-order chi connectivity index (χ0) is 21.4. The summed E-state index contributed by atoms with van der Waals surface area (Å²) in [6.45, 7) is 5.02. The average molecular weight is 418 g/mol. The van der Waals surface area contributed by atoms with Crippen LogP contribution in [0.1, 0.15) is 30.4 Å². The van der Waals surface area contributed by atoms with Crippen LogP contribution in [0.3, 0.4) is 0 Å². The number of amides is 1. The highest BCUT2D eigenvalue weighted by atomic mass is 16.2. The number of rotatable bonds is 4. The predicted molar refractivity (Wildman–Crippen MR) is 120 cm³/mol. The smallest absolute Gasteiger partial charge is 0.295 e. The number of hydrogen-bond acceptors (Lipinski definition) is 5. The summed E-state index contributed by atoms with van der Waals surface area (Å²) in [6.07, 6.45) is 4.88. The van der Waals surface area contributed by atoms with Crippen molar-refractivity contribution >= 4 is 22.9 Å². The van der Waals surface area contributed by atoms with Crippen molar-refractivity contribution in [2.24, 2.45) is 5.92 Å². The summed E-state index contributed by atoms with van der Waals surface area (Å²) in [4.78, 5) is 39.1. The molecule has 1 saturated heterocycles. The van der Waals surface area contributed by atoms with Gasteiger partial charge in [-0.05, 0) is 37.5 Å². The standard InChI is InChI=1S/C24H27N5O2/c1-17-7-9-18(10-8-17)16-29-21-20(6-3-11-25-21)26-22(24(29)31)27-12-14-28(15-13-27)23(30)19-4-2-5-19/h3,6-11,19H,2,4-5,12-16H2,1H3. The molecular weight excluding hydrogens is 390 g/mol. The van der Waals surface area contributed by atoms with Gasteiger partial charge in [0, 0.05) is 38.3 Å². The number of piperazine rings is 1. The van der Waals surface area contributed by atoms with E-state index in [4.69, 9.17) is 0 Å².